The number of halogens is 1. The largest absolute Gasteiger partial charge is 0.469 e. The molecule has 1 aliphatic heterocycles. The summed E-state index contributed by atoms with van der Waals surface area (Å²) in [5.74, 6) is -0.416. The van der Waals surface area contributed by atoms with Crippen LogP contribution >= 0.6 is 11.6 Å². The fourth-order valence-corrected chi connectivity index (χ4v) is 2.95. The van der Waals surface area contributed by atoms with Crippen molar-refractivity contribution in [2.75, 3.05) is 13.7 Å². The van der Waals surface area contributed by atoms with Crippen molar-refractivity contribution < 1.29 is 14.3 Å². The zero-order valence-electron chi connectivity index (χ0n) is 13.3. The Balaban J connectivity index is 1.75. The van der Waals surface area contributed by atoms with E-state index in [0.717, 1.165) is 28.9 Å². The second-order valence-corrected chi connectivity index (χ2v) is 6.11. The standard InChI is InChI=1S/C17H18ClN3O3/c1-24-16(23)7-6-15(22)21-9-8-14-13(10-21)17(20-19-14)11-2-4-12(18)5-3-11/h2-5H,6-10H2,1H3,(H,19,20). The third-order valence-corrected chi connectivity index (χ3v) is 4.43. The van der Waals surface area contributed by atoms with Gasteiger partial charge in [-0.3, -0.25) is 14.7 Å². The van der Waals surface area contributed by atoms with Gasteiger partial charge in [0.25, 0.3) is 0 Å². The van der Waals surface area contributed by atoms with Crippen molar-refractivity contribution in [3.05, 3.63) is 40.5 Å². The lowest BCUT2D eigenvalue weighted by Gasteiger charge is -2.27. The number of carbonyl (C=O) groups is 2. The van der Waals surface area contributed by atoms with Crippen molar-refractivity contribution in [2.24, 2.45) is 0 Å². The molecule has 7 heteroatoms. The number of hydrogen-bond acceptors (Lipinski definition) is 4. The number of methoxy groups -OCH3 is 1. The van der Waals surface area contributed by atoms with E-state index in [4.69, 9.17) is 11.6 Å². The molecule has 1 amide bonds. The van der Waals surface area contributed by atoms with Gasteiger partial charge in [0.1, 0.15) is 0 Å². The molecule has 24 heavy (non-hydrogen) atoms. The molecule has 0 saturated carbocycles. The first kappa shape index (κ1) is 16.5. The monoisotopic (exact) mass is 347 g/mol. The summed E-state index contributed by atoms with van der Waals surface area (Å²) < 4.78 is 4.58. The molecule has 1 aliphatic rings. The molecule has 2 aromatic rings. The van der Waals surface area contributed by atoms with Crippen LogP contribution in [0, 0.1) is 0 Å². The van der Waals surface area contributed by atoms with Crippen LogP contribution in [0.3, 0.4) is 0 Å². The first-order valence-corrected chi connectivity index (χ1v) is 8.13. The fourth-order valence-electron chi connectivity index (χ4n) is 2.82. The minimum atomic E-state index is -0.369. The molecule has 3 rings (SSSR count). The van der Waals surface area contributed by atoms with E-state index in [-0.39, 0.29) is 24.7 Å². The highest BCUT2D eigenvalue weighted by Gasteiger charge is 2.25. The molecule has 1 aromatic heterocycles. The highest BCUT2D eigenvalue weighted by molar-refractivity contribution is 6.30. The Morgan fingerprint density at radius 2 is 2.04 bits per heavy atom. The normalized spacial score (nSPS) is 13.5. The van der Waals surface area contributed by atoms with Crippen LogP contribution in [0.25, 0.3) is 11.3 Å². The van der Waals surface area contributed by atoms with Crippen LogP contribution < -0.4 is 0 Å². The molecule has 0 atom stereocenters. The number of aromatic nitrogens is 2. The number of esters is 1. The van der Waals surface area contributed by atoms with E-state index in [1.165, 1.54) is 7.11 Å². The molecule has 0 saturated heterocycles. The van der Waals surface area contributed by atoms with E-state index in [2.05, 4.69) is 14.9 Å². The zero-order valence-corrected chi connectivity index (χ0v) is 14.1. The van der Waals surface area contributed by atoms with E-state index in [1.54, 1.807) is 4.90 Å². The lowest BCUT2D eigenvalue weighted by molar-refractivity contribution is -0.143. The van der Waals surface area contributed by atoms with E-state index in [9.17, 15) is 9.59 Å². The van der Waals surface area contributed by atoms with Gasteiger partial charge in [0.2, 0.25) is 5.91 Å². The molecule has 1 N–H and O–H groups in total. The molecule has 0 aliphatic carbocycles. The lowest BCUT2D eigenvalue weighted by atomic mass is 10.0. The van der Waals surface area contributed by atoms with Gasteiger partial charge < -0.3 is 9.64 Å². The SMILES string of the molecule is COC(=O)CCC(=O)N1CCc2[nH]nc(-c3ccc(Cl)cc3)c2C1. The molecule has 1 aromatic carbocycles. The second-order valence-electron chi connectivity index (χ2n) is 5.68. The van der Waals surface area contributed by atoms with Gasteiger partial charge in [0, 0.05) is 47.8 Å². The Labute approximate surface area is 144 Å². The van der Waals surface area contributed by atoms with Crippen LogP contribution in [0.1, 0.15) is 24.1 Å². The lowest BCUT2D eigenvalue weighted by Crippen LogP contribution is -2.36. The van der Waals surface area contributed by atoms with Gasteiger partial charge in [-0.05, 0) is 12.1 Å². The average molecular weight is 348 g/mol. The number of carbonyl (C=O) groups excluding carboxylic acids is 2. The number of aromatic amines is 1. The number of rotatable bonds is 4. The number of nitrogens with one attached hydrogen (secondary N) is 1. The molecule has 6 nitrogen and oxygen atoms in total. The predicted molar refractivity (Wildman–Crippen MR) is 89.4 cm³/mol. The molecular formula is C17H18ClN3O3. The van der Waals surface area contributed by atoms with Gasteiger partial charge in [-0.1, -0.05) is 23.7 Å². The van der Waals surface area contributed by atoms with Crippen molar-refractivity contribution in [1.82, 2.24) is 15.1 Å². The second kappa shape index (κ2) is 7.05. The zero-order chi connectivity index (χ0) is 17.1. The number of fused-ring (bicyclic) bond motifs is 1. The molecule has 0 bridgehead atoms. The Morgan fingerprint density at radius 1 is 1.29 bits per heavy atom. The van der Waals surface area contributed by atoms with Crippen molar-refractivity contribution in [3.63, 3.8) is 0 Å². The maximum atomic E-state index is 12.3. The summed E-state index contributed by atoms with van der Waals surface area (Å²) in [4.78, 5) is 25.3. The summed E-state index contributed by atoms with van der Waals surface area (Å²) >= 11 is 5.93. The first-order valence-electron chi connectivity index (χ1n) is 7.75. The van der Waals surface area contributed by atoms with Gasteiger partial charge >= 0.3 is 5.97 Å². The topological polar surface area (TPSA) is 75.3 Å². The summed E-state index contributed by atoms with van der Waals surface area (Å²) in [6.07, 6.45) is 0.990. The molecule has 0 unspecified atom stereocenters. The van der Waals surface area contributed by atoms with E-state index >= 15 is 0 Å². The Kier molecular flexibility index (Phi) is 4.85. The van der Waals surface area contributed by atoms with Crippen molar-refractivity contribution >= 4 is 23.5 Å². The van der Waals surface area contributed by atoms with E-state index in [0.29, 0.717) is 18.1 Å². The third-order valence-electron chi connectivity index (χ3n) is 4.17. The predicted octanol–water partition coefficient (Wildman–Crippen LogP) is 2.57. The number of H-pyrrole nitrogens is 1. The number of hydrogen-bond donors (Lipinski definition) is 1. The van der Waals surface area contributed by atoms with Crippen molar-refractivity contribution in [3.8, 4) is 11.3 Å². The summed E-state index contributed by atoms with van der Waals surface area (Å²) in [7, 11) is 1.32. The molecular weight excluding hydrogens is 330 g/mol. The maximum Gasteiger partial charge on any atom is 0.306 e. The summed E-state index contributed by atoms with van der Waals surface area (Å²) in [5.41, 5.74) is 3.87. The molecule has 2 heterocycles. The molecule has 0 spiro atoms. The highest BCUT2D eigenvalue weighted by atomic mass is 35.5. The number of benzene rings is 1. The van der Waals surface area contributed by atoms with Gasteiger partial charge in [-0.15, -0.1) is 0 Å². The van der Waals surface area contributed by atoms with E-state index in [1.807, 2.05) is 24.3 Å². The first-order chi connectivity index (χ1) is 11.6. The van der Waals surface area contributed by atoms with E-state index < -0.39 is 0 Å². The third kappa shape index (κ3) is 3.43. The Morgan fingerprint density at radius 3 is 2.75 bits per heavy atom. The number of ether oxygens (including phenoxy) is 1. The van der Waals surface area contributed by atoms with Crippen LogP contribution in [0.15, 0.2) is 24.3 Å². The fraction of sp³-hybridized carbons (Fsp3) is 0.353. The Bertz CT molecular complexity index is 755. The minimum absolute atomic E-state index is 0.0469. The minimum Gasteiger partial charge on any atom is -0.469 e. The summed E-state index contributed by atoms with van der Waals surface area (Å²) in [6, 6.07) is 7.47. The van der Waals surface area contributed by atoms with Gasteiger partial charge in [-0.25, -0.2) is 0 Å². The van der Waals surface area contributed by atoms with Crippen LogP contribution in [0.4, 0.5) is 0 Å². The smallest absolute Gasteiger partial charge is 0.306 e. The van der Waals surface area contributed by atoms with Gasteiger partial charge in [0.15, 0.2) is 0 Å². The van der Waals surface area contributed by atoms with Crippen LogP contribution in [0.2, 0.25) is 5.02 Å². The average Bonchev–Trinajstić information content (AvgIpc) is 3.03. The Hall–Kier alpha value is -2.34. The highest BCUT2D eigenvalue weighted by Crippen LogP contribution is 2.29. The summed E-state index contributed by atoms with van der Waals surface area (Å²) in [5, 5.41) is 8.13. The molecule has 126 valence electrons. The number of amides is 1. The summed E-state index contributed by atoms with van der Waals surface area (Å²) in [6.45, 7) is 1.11. The van der Waals surface area contributed by atoms with Gasteiger partial charge in [-0.2, -0.15) is 5.10 Å². The molecule has 0 radical (unpaired) electrons. The van der Waals surface area contributed by atoms with Crippen molar-refractivity contribution in [2.45, 2.75) is 25.8 Å². The van der Waals surface area contributed by atoms with Crippen LogP contribution in [-0.2, 0) is 27.3 Å². The quantitative estimate of drug-likeness (QED) is 0.862. The maximum absolute atomic E-state index is 12.3. The van der Waals surface area contributed by atoms with Crippen LogP contribution in [0.5, 0.6) is 0 Å². The van der Waals surface area contributed by atoms with Crippen LogP contribution in [-0.4, -0.2) is 40.6 Å². The number of nitrogens with zero attached hydrogens (tertiary/aromatic N) is 2. The van der Waals surface area contributed by atoms with Crippen molar-refractivity contribution in [1.29, 1.82) is 0 Å². The molecule has 0 fully saturated rings. The van der Waals surface area contributed by atoms with Gasteiger partial charge in [0.05, 0.1) is 19.2 Å².